The third-order valence-electron chi connectivity index (χ3n) is 2.64. The molecule has 2 aliphatic heterocycles. The average molecular weight is 199 g/mol. The third kappa shape index (κ3) is 7.30. The topological polar surface area (TPSA) is 36.1 Å². The zero-order valence-corrected chi connectivity index (χ0v) is 9.28. The normalized spacial score (nSPS) is 24.0. The second kappa shape index (κ2) is 9.44. The molecule has 2 fully saturated rings. The molecule has 84 valence electrons. The van der Waals surface area contributed by atoms with Gasteiger partial charge in [-0.15, -0.1) is 0 Å². The highest BCUT2D eigenvalue weighted by Crippen LogP contribution is 2.00. The Kier molecular flexibility index (Phi) is 8.06. The molecule has 0 aromatic carbocycles. The molecule has 0 aromatic rings. The van der Waals surface area contributed by atoms with Crippen molar-refractivity contribution in [3.8, 4) is 0 Å². The van der Waals surface area contributed by atoms with E-state index in [1.54, 1.807) is 0 Å². The van der Waals surface area contributed by atoms with Gasteiger partial charge in [-0.3, -0.25) is 0 Å². The smallest absolute Gasteiger partial charge is 0.00767 e. The van der Waals surface area contributed by atoms with E-state index in [0.717, 1.165) is 13.1 Å². The zero-order chi connectivity index (χ0) is 9.90. The van der Waals surface area contributed by atoms with E-state index in [1.165, 1.54) is 58.3 Å². The SMILES string of the molecule is C1CCCNCC1.C1CNCCNC1. The molecule has 0 bridgehead atoms. The monoisotopic (exact) mass is 199 g/mol. The summed E-state index contributed by atoms with van der Waals surface area (Å²) in [7, 11) is 0. The summed E-state index contributed by atoms with van der Waals surface area (Å²) < 4.78 is 0. The highest BCUT2D eigenvalue weighted by Gasteiger charge is 1.94. The number of nitrogens with one attached hydrogen (secondary N) is 3. The molecule has 3 heteroatoms. The van der Waals surface area contributed by atoms with Crippen molar-refractivity contribution in [1.82, 2.24) is 16.0 Å². The van der Waals surface area contributed by atoms with Crippen LogP contribution < -0.4 is 16.0 Å². The lowest BCUT2D eigenvalue weighted by Crippen LogP contribution is -2.21. The average Bonchev–Trinajstić information content (AvgIpc) is 2.68. The standard InChI is InChI=1S/C6H13N.C5H12N2/c1-2-4-6-7-5-3-1;1-2-6-4-5-7-3-1/h7H,1-6H2;6-7H,1-5H2. The molecule has 0 saturated carbocycles. The number of hydrogen-bond acceptors (Lipinski definition) is 3. The number of hydrogen-bond donors (Lipinski definition) is 3. The van der Waals surface area contributed by atoms with Gasteiger partial charge in [-0.2, -0.15) is 0 Å². The molecule has 3 N–H and O–H groups in total. The van der Waals surface area contributed by atoms with Crippen molar-refractivity contribution in [2.75, 3.05) is 39.3 Å². The predicted octanol–water partition coefficient (Wildman–Crippen LogP) is 0.719. The van der Waals surface area contributed by atoms with E-state index < -0.39 is 0 Å². The van der Waals surface area contributed by atoms with Gasteiger partial charge in [0.25, 0.3) is 0 Å². The van der Waals surface area contributed by atoms with Crippen LogP contribution in [0, 0.1) is 0 Å². The lowest BCUT2D eigenvalue weighted by molar-refractivity contribution is 0.702. The first-order chi connectivity index (χ1) is 7.00. The first-order valence-electron chi connectivity index (χ1n) is 6.12. The highest BCUT2D eigenvalue weighted by molar-refractivity contribution is 4.58. The Hall–Kier alpha value is -0.120. The van der Waals surface area contributed by atoms with E-state index >= 15 is 0 Å². The van der Waals surface area contributed by atoms with Crippen LogP contribution >= 0.6 is 0 Å². The van der Waals surface area contributed by atoms with Gasteiger partial charge >= 0.3 is 0 Å². The Morgan fingerprint density at radius 1 is 0.357 bits per heavy atom. The van der Waals surface area contributed by atoms with Crippen LogP contribution in [0.25, 0.3) is 0 Å². The molecule has 2 rings (SSSR count). The molecule has 0 unspecified atom stereocenters. The maximum atomic E-state index is 3.35. The Labute approximate surface area is 88.0 Å². The minimum absolute atomic E-state index is 1.14. The summed E-state index contributed by atoms with van der Waals surface area (Å²) in [5.41, 5.74) is 0. The van der Waals surface area contributed by atoms with Gasteiger partial charge < -0.3 is 16.0 Å². The summed E-state index contributed by atoms with van der Waals surface area (Å²) in [6.07, 6.45) is 6.93. The van der Waals surface area contributed by atoms with Crippen molar-refractivity contribution in [3.05, 3.63) is 0 Å². The van der Waals surface area contributed by atoms with Crippen LogP contribution in [-0.2, 0) is 0 Å². The van der Waals surface area contributed by atoms with Gasteiger partial charge in [-0.1, -0.05) is 12.8 Å². The van der Waals surface area contributed by atoms with E-state index in [0.29, 0.717) is 0 Å². The van der Waals surface area contributed by atoms with Crippen LogP contribution in [-0.4, -0.2) is 39.3 Å². The van der Waals surface area contributed by atoms with Gasteiger partial charge in [0, 0.05) is 13.1 Å². The maximum Gasteiger partial charge on any atom is 0.00767 e. The molecule has 2 heterocycles. The minimum Gasteiger partial charge on any atom is -0.317 e. The molecule has 3 nitrogen and oxygen atoms in total. The Balaban J connectivity index is 0.000000140. The van der Waals surface area contributed by atoms with E-state index in [9.17, 15) is 0 Å². The van der Waals surface area contributed by atoms with Crippen LogP contribution in [0.3, 0.4) is 0 Å². The summed E-state index contributed by atoms with van der Waals surface area (Å²) in [5, 5.41) is 9.92. The largest absolute Gasteiger partial charge is 0.317 e. The van der Waals surface area contributed by atoms with Crippen molar-refractivity contribution in [2.45, 2.75) is 32.1 Å². The van der Waals surface area contributed by atoms with Gasteiger partial charge in [0.15, 0.2) is 0 Å². The van der Waals surface area contributed by atoms with E-state index in [-0.39, 0.29) is 0 Å². The lowest BCUT2D eigenvalue weighted by Gasteiger charge is -1.92. The first kappa shape index (κ1) is 12.0. The van der Waals surface area contributed by atoms with E-state index in [1.807, 2.05) is 0 Å². The molecule has 2 saturated heterocycles. The summed E-state index contributed by atoms with van der Waals surface area (Å²) in [4.78, 5) is 0. The van der Waals surface area contributed by atoms with Crippen LogP contribution in [0.1, 0.15) is 32.1 Å². The molecule has 0 aromatic heterocycles. The van der Waals surface area contributed by atoms with Crippen LogP contribution in [0.15, 0.2) is 0 Å². The fourth-order valence-corrected chi connectivity index (χ4v) is 1.74. The molecule has 14 heavy (non-hydrogen) atoms. The fraction of sp³-hybridized carbons (Fsp3) is 1.00. The second-order valence-electron chi connectivity index (χ2n) is 4.02. The Morgan fingerprint density at radius 2 is 0.786 bits per heavy atom. The molecular formula is C11H25N3. The first-order valence-corrected chi connectivity index (χ1v) is 6.12. The van der Waals surface area contributed by atoms with Crippen LogP contribution in [0.2, 0.25) is 0 Å². The summed E-state index contributed by atoms with van der Waals surface area (Å²) in [5.74, 6) is 0. The molecule has 0 atom stereocenters. The van der Waals surface area contributed by atoms with Crippen molar-refractivity contribution in [3.63, 3.8) is 0 Å². The molecule has 0 amide bonds. The Morgan fingerprint density at radius 3 is 1.36 bits per heavy atom. The van der Waals surface area contributed by atoms with Gasteiger partial charge in [-0.05, 0) is 45.4 Å². The molecule has 0 spiro atoms. The summed E-state index contributed by atoms with van der Waals surface area (Å²) in [6, 6.07) is 0. The van der Waals surface area contributed by atoms with E-state index in [2.05, 4.69) is 16.0 Å². The summed E-state index contributed by atoms with van der Waals surface area (Å²) in [6.45, 7) is 7.15. The van der Waals surface area contributed by atoms with E-state index in [4.69, 9.17) is 0 Å². The van der Waals surface area contributed by atoms with Crippen molar-refractivity contribution in [1.29, 1.82) is 0 Å². The third-order valence-corrected chi connectivity index (χ3v) is 2.64. The van der Waals surface area contributed by atoms with Crippen molar-refractivity contribution in [2.24, 2.45) is 0 Å². The van der Waals surface area contributed by atoms with Crippen molar-refractivity contribution >= 4 is 0 Å². The maximum absolute atomic E-state index is 3.35. The van der Waals surface area contributed by atoms with Gasteiger partial charge in [0.2, 0.25) is 0 Å². The van der Waals surface area contributed by atoms with Gasteiger partial charge in [0.05, 0.1) is 0 Å². The molecule has 2 aliphatic rings. The van der Waals surface area contributed by atoms with Crippen molar-refractivity contribution < 1.29 is 0 Å². The van der Waals surface area contributed by atoms with Gasteiger partial charge in [-0.25, -0.2) is 0 Å². The minimum atomic E-state index is 1.14. The summed E-state index contributed by atoms with van der Waals surface area (Å²) >= 11 is 0. The highest BCUT2D eigenvalue weighted by atomic mass is 15.0. The van der Waals surface area contributed by atoms with Crippen LogP contribution in [0.4, 0.5) is 0 Å². The number of rotatable bonds is 0. The molecular weight excluding hydrogens is 174 g/mol. The van der Waals surface area contributed by atoms with Crippen LogP contribution in [0.5, 0.6) is 0 Å². The predicted molar refractivity (Wildman–Crippen MR) is 61.7 cm³/mol. The second-order valence-corrected chi connectivity index (χ2v) is 4.02. The molecule has 0 radical (unpaired) electrons. The Bertz CT molecular complexity index is 63.8. The zero-order valence-electron chi connectivity index (χ0n) is 9.28. The molecule has 0 aliphatic carbocycles. The van der Waals surface area contributed by atoms with Gasteiger partial charge in [0.1, 0.15) is 0 Å². The fourth-order valence-electron chi connectivity index (χ4n) is 1.74. The quantitative estimate of drug-likeness (QED) is 0.538. The lowest BCUT2D eigenvalue weighted by atomic mass is 10.2.